The Morgan fingerprint density at radius 1 is 1.04 bits per heavy atom. The van der Waals surface area contributed by atoms with E-state index >= 15 is 0 Å². The van der Waals surface area contributed by atoms with Gasteiger partial charge in [0.2, 0.25) is 10.0 Å². The minimum Gasteiger partial charge on any atom is -0.355 e. The van der Waals surface area contributed by atoms with Crippen LogP contribution in [0.2, 0.25) is 0 Å². The van der Waals surface area contributed by atoms with Crippen LogP contribution in [0.5, 0.6) is 0 Å². The van der Waals surface area contributed by atoms with Crippen LogP contribution in [0.25, 0.3) is 22.5 Å². The van der Waals surface area contributed by atoms with Gasteiger partial charge >= 0.3 is 0 Å². The van der Waals surface area contributed by atoms with E-state index in [2.05, 4.69) is 19.0 Å². The molecule has 1 aromatic heterocycles. The van der Waals surface area contributed by atoms with Crippen LogP contribution >= 0.6 is 0 Å². The second-order valence-corrected chi connectivity index (χ2v) is 7.87. The van der Waals surface area contributed by atoms with Gasteiger partial charge in [-0.2, -0.15) is 0 Å². The highest BCUT2D eigenvalue weighted by Gasteiger charge is 2.24. The lowest BCUT2D eigenvalue weighted by Crippen LogP contribution is -2.13. The zero-order valence-corrected chi connectivity index (χ0v) is 15.0. The van der Waals surface area contributed by atoms with Crippen molar-refractivity contribution in [3.63, 3.8) is 0 Å². The molecule has 0 aliphatic heterocycles. The number of benzene rings is 2. The first-order chi connectivity index (χ1) is 11.9. The molecule has 25 heavy (non-hydrogen) atoms. The number of primary sulfonamides is 1. The van der Waals surface area contributed by atoms with Crippen LogP contribution in [-0.4, -0.2) is 13.6 Å². The molecule has 2 N–H and O–H groups in total. The first-order valence-corrected chi connectivity index (χ1v) is 9.58. The lowest BCUT2D eigenvalue weighted by Gasteiger charge is -2.10. The van der Waals surface area contributed by atoms with E-state index in [-0.39, 0.29) is 4.90 Å². The normalized spacial score (nSPS) is 11.8. The topological polar surface area (TPSA) is 86.2 Å². The SMILES string of the molecule is CC(C)Cc1noc(-c2ccccc2)c1-c1ccccc1S(N)(=O)=O. The average Bonchev–Trinajstić information content (AvgIpc) is 2.97. The molecule has 0 fully saturated rings. The number of hydrogen-bond acceptors (Lipinski definition) is 4. The molecule has 130 valence electrons. The third-order valence-electron chi connectivity index (χ3n) is 3.86. The van der Waals surface area contributed by atoms with Gasteiger partial charge in [-0.15, -0.1) is 0 Å². The van der Waals surface area contributed by atoms with Crippen molar-refractivity contribution in [1.29, 1.82) is 0 Å². The molecule has 0 spiro atoms. The maximum Gasteiger partial charge on any atom is 0.238 e. The molecule has 0 unspecified atom stereocenters. The number of rotatable bonds is 5. The Balaban J connectivity index is 2.30. The molecular weight excluding hydrogens is 336 g/mol. The van der Waals surface area contributed by atoms with Crippen LogP contribution in [0, 0.1) is 5.92 Å². The molecule has 3 rings (SSSR count). The number of sulfonamides is 1. The van der Waals surface area contributed by atoms with E-state index in [1.807, 2.05) is 30.3 Å². The summed E-state index contributed by atoms with van der Waals surface area (Å²) in [5.41, 5.74) is 2.76. The molecule has 5 nitrogen and oxygen atoms in total. The van der Waals surface area contributed by atoms with E-state index < -0.39 is 10.0 Å². The molecule has 2 aromatic carbocycles. The molecule has 3 aromatic rings. The summed E-state index contributed by atoms with van der Waals surface area (Å²) in [6.07, 6.45) is 0.671. The van der Waals surface area contributed by atoms with Crippen LogP contribution in [0.1, 0.15) is 19.5 Å². The summed E-state index contributed by atoms with van der Waals surface area (Å²) in [5.74, 6) is 0.890. The van der Waals surface area contributed by atoms with E-state index in [0.29, 0.717) is 29.2 Å². The Hall–Kier alpha value is -2.44. The van der Waals surface area contributed by atoms with Crippen LogP contribution in [-0.2, 0) is 16.4 Å². The van der Waals surface area contributed by atoms with Gasteiger partial charge in [0.15, 0.2) is 5.76 Å². The summed E-state index contributed by atoms with van der Waals surface area (Å²) in [5, 5.41) is 9.65. The van der Waals surface area contributed by atoms with Crippen LogP contribution in [0.3, 0.4) is 0 Å². The Labute approximate surface area is 147 Å². The zero-order valence-electron chi connectivity index (χ0n) is 14.1. The van der Waals surface area contributed by atoms with Crippen molar-refractivity contribution < 1.29 is 12.9 Å². The van der Waals surface area contributed by atoms with Crippen molar-refractivity contribution in [2.75, 3.05) is 0 Å². The summed E-state index contributed by atoms with van der Waals surface area (Å²) in [6, 6.07) is 16.2. The van der Waals surface area contributed by atoms with Crippen molar-refractivity contribution in [1.82, 2.24) is 5.16 Å². The predicted octanol–water partition coefficient (Wildman–Crippen LogP) is 3.85. The van der Waals surface area contributed by atoms with Crippen molar-refractivity contribution in [3.8, 4) is 22.5 Å². The molecule has 1 heterocycles. The molecule has 0 saturated heterocycles. The molecule has 0 radical (unpaired) electrons. The van der Waals surface area contributed by atoms with E-state index in [4.69, 9.17) is 9.66 Å². The van der Waals surface area contributed by atoms with Gasteiger partial charge in [0, 0.05) is 11.1 Å². The summed E-state index contributed by atoms with van der Waals surface area (Å²) >= 11 is 0. The average molecular weight is 356 g/mol. The molecule has 0 amide bonds. The fourth-order valence-electron chi connectivity index (χ4n) is 2.83. The van der Waals surface area contributed by atoms with Gasteiger partial charge < -0.3 is 4.52 Å². The lowest BCUT2D eigenvalue weighted by atomic mass is 9.95. The Morgan fingerprint density at radius 3 is 2.32 bits per heavy atom. The van der Waals surface area contributed by atoms with Crippen LogP contribution in [0.4, 0.5) is 0 Å². The van der Waals surface area contributed by atoms with Gasteiger partial charge in [-0.1, -0.05) is 67.5 Å². The van der Waals surface area contributed by atoms with Crippen molar-refractivity contribution in [3.05, 3.63) is 60.3 Å². The molecule has 0 saturated carbocycles. The highest BCUT2D eigenvalue weighted by Crippen LogP contribution is 2.38. The molecule has 0 atom stereocenters. The van der Waals surface area contributed by atoms with Crippen LogP contribution in [0.15, 0.2) is 64.0 Å². The third-order valence-corrected chi connectivity index (χ3v) is 4.83. The number of hydrogen-bond donors (Lipinski definition) is 1. The standard InChI is InChI=1S/C19H20N2O3S/c1-13(2)12-16-18(15-10-6-7-11-17(15)25(20,22)23)19(24-21-16)14-8-4-3-5-9-14/h3-11,13H,12H2,1-2H3,(H2,20,22,23). The smallest absolute Gasteiger partial charge is 0.238 e. The third kappa shape index (κ3) is 3.65. The second kappa shape index (κ2) is 6.82. The summed E-state index contributed by atoms with van der Waals surface area (Å²) in [7, 11) is -3.87. The monoisotopic (exact) mass is 356 g/mol. The van der Waals surface area contributed by atoms with Gasteiger partial charge in [0.1, 0.15) is 0 Å². The first-order valence-electron chi connectivity index (χ1n) is 8.04. The fourth-order valence-corrected chi connectivity index (χ4v) is 3.58. The van der Waals surface area contributed by atoms with E-state index in [9.17, 15) is 8.42 Å². The lowest BCUT2D eigenvalue weighted by molar-refractivity contribution is 0.418. The van der Waals surface area contributed by atoms with Crippen molar-refractivity contribution in [2.45, 2.75) is 25.2 Å². The maximum absolute atomic E-state index is 12.1. The van der Waals surface area contributed by atoms with E-state index in [0.717, 1.165) is 11.3 Å². The molecule has 0 aliphatic carbocycles. The second-order valence-electron chi connectivity index (χ2n) is 6.34. The highest BCUT2D eigenvalue weighted by atomic mass is 32.2. The van der Waals surface area contributed by atoms with Gasteiger partial charge in [-0.25, -0.2) is 13.6 Å². The number of nitrogens with zero attached hydrogens (tertiary/aromatic N) is 1. The Kier molecular flexibility index (Phi) is 4.74. The van der Waals surface area contributed by atoms with Gasteiger partial charge in [0.05, 0.1) is 16.2 Å². The summed E-state index contributed by atoms with van der Waals surface area (Å²) in [6.45, 7) is 4.15. The van der Waals surface area contributed by atoms with Crippen molar-refractivity contribution in [2.24, 2.45) is 11.1 Å². The minimum atomic E-state index is -3.87. The van der Waals surface area contributed by atoms with Gasteiger partial charge in [0.25, 0.3) is 0 Å². The largest absolute Gasteiger partial charge is 0.355 e. The summed E-state index contributed by atoms with van der Waals surface area (Å²) < 4.78 is 29.7. The highest BCUT2D eigenvalue weighted by molar-refractivity contribution is 7.89. The molecular formula is C19H20N2O3S. The van der Waals surface area contributed by atoms with Crippen molar-refractivity contribution >= 4 is 10.0 Å². The number of aromatic nitrogens is 1. The Bertz CT molecular complexity index is 977. The number of nitrogens with two attached hydrogens (primary N) is 1. The van der Waals surface area contributed by atoms with Crippen LogP contribution < -0.4 is 5.14 Å². The quantitative estimate of drug-likeness (QED) is 0.752. The molecule has 6 heteroatoms. The molecule has 0 aliphatic rings. The van der Waals surface area contributed by atoms with E-state index in [1.54, 1.807) is 18.2 Å². The predicted molar refractivity (Wildman–Crippen MR) is 97.3 cm³/mol. The van der Waals surface area contributed by atoms with E-state index in [1.165, 1.54) is 6.07 Å². The summed E-state index contributed by atoms with van der Waals surface area (Å²) in [4.78, 5) is 0.0698. The Morgan fingerprint density at radius 2 is 1.68 bits per heavy atom. The first kappa shape index (κ1) is 17.4. The fraction of sp³-hybridized carbons (Fsp3) is 0.211. The molecule has 0 bridgehead atoms. The van der Waals surface area contributed by atoms with Gasteiger partial charge in [-0.3, -0.25) is 0 Å². The zero-order chi connectivity index (χ0) is 18.0. The van der Waals surface area contributed by atoms with Gasteiger partial charge in [-0.05, 0) is 18.4 Å². The maximum atomic E-state index is 12.1. The minimum absolute atomic E-state index is 0.0698.